The van der Waals surface area contributed by atoms with E-state index in [-0.39, 0.29) is 28.6 Å². The molecule has 1 N–H and O–H groups in total. The van der Waals surface area contributed by atoms with Gasteiger partial charge >= 0.3 is 0 Å². The van der Waals surface area contributed by atoms with Gasteiger partial charge in [0.05, 0.1) is 28.0 Å². The molecule has 6 aromatic carbocycles. The van der Waals surface area contributed by atoms with Gasteiger partial charge in [0.15, 0.2) is 0 Å². The van der Waals surface area contributed by atoms with Crippen LogP contribution in [0.3, 0.4) is 0 Å². The predicted octanol–water partition coefficient (Wildman–Crippen LogP) is 16.9. The van der Waals surface area contributed by atoms with Gasteiger partial charge in [-0.15, -0.1) is 0 Å². The lowest BCUT2D eigenvalue weighted by Crippen LogP contribution is -2.11. The number of phenols is 1. The molecule has 4 nitrogen and oxygen atoms in total. The zero-order chi connectivity index (χ0) is 50.1. The lowest BCUT2D eigenvalue weighted by atomic mass is 9.83. The van der Waals surface area contributed by atoms with E-state index >= 15 is 0 Å². The molecule has 0 fully saturated rings. The largest absolute Gasteiger partial charge is 0.507 e. The molecule has 0 aliphatic carbocycles. The summed E-state index contributed by atoms with van der Waals surface area (Å²) < 4.78 is 47.7. The summed E-state index contributed by atoms with van der Waals surface area (Å²) in [5.41, 5.74) is 14.6. The number of hydrogen-bond acceptors (Lipinski definition) is 3. The molecule has 326 valence electrons. The van der Waals surface area contributed by atoms with Crippen LogP contribution in [-0.2, 0) is 5.41 Å². The molecule has 0 bridgehead atoms. The Morgan fingerprint density at radius 2 is 1.30 bits per heavy atom. The summed E-state index contributed by atoms with van der Waals surface area (Å²) in [6.45, 7) is 21.7. The maximum Gasteiger partial charge on any atom is 0.149 e. The topological polar surface area (TPSA) is 50.9 Å². The molecule has 0 saturated carbocycles. The Balaban J connectivity index is 1.45. The summed E-state index contributed by atoms with van der Waals surface area (Å²) in [4.78, 5) is 10.4. The van der Waals surface area contributed by atoms with Crippen molar-refractivity contribution in [3.63, 3.8) is 0 Å². The van der Waals surface area contributed by atoms with Crippen molar-refractivity contribution in [1.29, 1.82) is 0 Å². The highest BCUT2D eigenvalue weighted by Gasteiger charge is 2.26. The van der Waals surface area contributed by atoms with Crippen LogP contribution in [-0.4, -0.2) is 19.6 Å². The molecule has 64 heavy (non-hydrogen) atoms. The van der Waals surface area contributed by atoms with Crippen LogP contribution in [0.5, 0.6) is 5.75 Å². The monoisotopic (exact) mass is 849 g/mol. The van der Waals surface area contributed by atoms with Gasteiger partial charge in [0.1, 0.15) is 11.6 Å². The summed E-state index contributed by atoms with van der Waals surface area (Å²) >= 11 is 0. The first-order valence-corrected chi connectivity index (χ1v) is 22.6. The lowest BCUT2D eigenvalue weighted by Gasteiger charge is -2.22. The average molecular weight is 849 g/mol. The third-order valence-electron chi connectivity index (χ3n) is 12.6. The van der Waals surface area contributed by atoms with Gasteiger partial charge < -0.3 is 5.11 Å². The zero-order valence-electron chi connectivity index (χ0n) is 44.6. The standard InChI is InChI=1S/C60H65N3O/c1-35(2)44-32-51(38(7)8)58(64)52(33-44)59-62-57-50(45-29-46(31-47(30-45)60(11,12)13)53-34-42(26-27-61-53)41-22-20-39(9)21-23-41)18-15-19-55(57)63(59)54-25-24-43(28-40(54)10)56-48(36(3)4)16-14-17-49(56)37(5)6/h14-38,64H,1-13H3/i10D3,36D,37D. The first-order chi connectivity index (χ1) is 32.2. The second-order valence-corrected chi connectivity index (χ2v) is 19.6. The Morgan fingerprint density at radius 1 is 0.625 bits per heavy atom. The molecule has 2 aromatic heterocycles. The van der Waals surface area contributed by atoms with Crippen LogP contribution in [0.15, 0.2) is 128 Å². The van der Waals surface area contributed by atoms with Crippen molar-refractivity contribution in [3.05, 3.63) is 166 Å². The molecule has 0 aliphatic heterocycles. The van der Waals surface area contributed by atoms with E-state index in [1.807, 2.05) is 93.1 Å². The number of hydrogen-bond donors (Lipinski definition) is 1. The van der Waals surface area contributed by atoms with Crippen LogP contribution in [0.2, 0.25) is 0 Å². The minimum atomic E-state index is -2.61. The van der Waals surface area contributed by atoms with Crippen LogP contribution < -0.4 is 0 Å². The highest BCUT2D eigenvalue weighted by atomic mass is 16.3. The quantitative estimate of drug-likeness (QED) is 0.149. The number of aromatic hydroxyl groups is 1. The van der Waals surface area contributed by atoms with E-state index in [9.17, 15) is 5.11 Å². The van der Waals surface area contributed by atoms with Crippen molar-refractivity contribution >= 4 is 11.0 Å². The van der Waals surface area contributed by atoms with Gasteiger partial charge in [-0.05, 0) is 153 Å². The molecular formula is C60H65N3O. The maximum absolute atomic E-state index is 12.3. The summed E-state index contributed by atoms with van der Waals surface area (Å²) in [6, 6.07) is 40.5. The lowest BCUT2D eigenvalue weighted by molar-refractivity contribution is 0.466. The smallest absolute Gasteiger partial charge is 0.149 e. The van der Waals surface area contributed by atoms with E-state index in [4.69, 9.17) is 16.8 Å². The third-order valence-corrected chi connectivity index (χ3v) is 12.6. The van der Waals surface area contributed by atoms with Gasteiger partial charge in [0, 0.05) is 24.2 Å². The molecule has 8 rings (SSSR count). The summed E-state index contributed by atoms with van der Waals surface area (Å²) in [7, 11) is 0. The van der Waals surface area contributed by atoms with E-state index in [0.29, 0.717) is 50.4 Å². The second kappa shape index (κ2) is 17.4. The van der Waals surface area contributed by atoms with Crippen LogP contribution >= 0.6 is 0 Å². The molecule has 0 saturated heterocycles. The number of benzene rings is 6. The molecule has 8 aromatic rings. The highest BCUT2D eigenvalue weighted by molar-refractivity contribution is 5.97. The van der Waals surface area contributed by atoms with E-state index < -0.39 is 18.6 Å². The molecule has 0 amide bonds. The predicted molar refractivity (Wildman–Crippen MR) is 272 cm³/mol. The van der Waals surface area contributed by atoms with E-state index in [0.717, 1.165) is 50.2 Å². The number of nitrogens with zero attached hydrogens (tertiary/aromatic N) is 3. The minimum absolute atomic E-state index is 0.0124. The van der Waals surface area contributed by atoms with Gasteiger partial charge in [-0.25, -0.2) is 4.98 Å². The Hall–Kier alpha value is -6.26. The first kappa shape index (κ1) is 38.2. The second-order valence-electron chi connectivity index (χ2n) is 19.6. The van der Waals surface area contributed by atoms with Gasteiger partial charge in [-0.2, -0.15) is 0 Å². The number of aryl methyl sites for hydroxylation is 2. The number of imidazole rings is 1. The van der Waals surface area contributed by atoms with Crippen LogP contribution in [0.1, 0.15) is 146 Å². The molecular weight excluding hydrogens is 779 g/mol. The summed E-state index contributed by atoms with van der Waals surface area (Å²) in [6.07, 6.45) is 1.86. The van der Waals surface area contributed by atoms with Crippen LogP contribution in [0, 0.1) is 13.8 Å². The Kier molecular flexibility index (Phi) is 10.4. The maximum atomic E-state index is 12.3. The molecule has 4 heteroatoms. The van der Waals surface area contributed by atoms with Crippen LogP contribution in [0.25, 0.3) is 72.7 Å². The summed E-state index contributed by atoms with van der Waals surface area (Å²) in [5, 5.41) is 12.3. The number of rotatable bonds is 10. The number of pyridine rings is 1. The molecule has 0 atom stereocenters. The normalized spacial score (nSPS) is 13.8. The summed E-state index contributed by atoms with van der Waals surface area (Å²) in [5.74, 6) is -1.46. The zero-order valence-corrected chi connectivity index (χ0v) is 39.6. The third kappa shape index (κ3) is 8.43. The molecule has 0 radical (unpaired) electrons. The van der Waals surface area contributed by atoms with Crippen molar-refractivity contribution in [3.8, 4) is 67.5 Å². The van der Waals surface area contributed by atoms with E-state index in [2.05, 4.69) is 116 Å². The van der Waals surface area contributed by atoms with Crippen molar-refractivity contribution in [2.24, 2.45) is 0 Å². The first-order valence-electron chi connectivity index (χ1n) is 25.1. The van der Waals surface area contributed by atoms with Gasteiger partial charge in [-0.1, -0.05) is 155 Å². The Labute approximate surface area is 389 Å². The fourth-order valence-electron chi connectivity index (χ4n) is 8.84. The fraction of sp³-hybridized carbons (Fsp3) is 0.300. The number of para-hydroxylation sites is 1. The van der Waals surface area contributed by atoms with Crippen molar-refractivity contribution in [1.82, 2.24) is 14.5 Å². The van der Waals surface area contributed by atoms with Gasteiger partial charge in [0.25, 0.3) is 0 Å². The SMILES string of the molecule is [2H]C([2H])([2H])c1cc(-c2c(C([2H])(C)C)cccc2C([2H])(C)C)ccc1-n1c(-c2cc(C(C)C)cc(C(C)C)c2O)nc2c(-c3cc(-c4cc(-c5ccc(C)cc5)ccn4)cc(C(C)(C)C)c3)cccc21. The van der Waals surface area contributed by atoms with Crippen LogP contribution in [0.4, 0.5) is 0 Å². The Morgan fingerprint density at radius 3 is 1.94 bits per heavy atom. The molecule has 2 heterocycles. The number of phenolic OH excluding ortho intramolecular Hbond substituents is 1. The van der Waals surface area contributed by atoms with Gasteiger partial charge in [-0.3, -0.25) is 9.55 Å². The Bertz CT molecular complexity index is 3200. The van der Waals surface area contributed by atoms with Gasteiger partial charge in [0.2, 0.25) is 0 Å². The molecule has 0 aliphatic rings. The highest BCUT2D eigenvalue weighted by Crippen LogP contribution is 2.45. The number of fused-ring (bicyclic) bond motifs is 1. The van der Waals surface area contributed by atoms with E-state index in [1.165, 1.54) is 5.56 Å². The average Bonchev–Trinajstić information content (AvgIpc) is 3.67. The molecule has 0 unspecified atom stereocenters. The van der Waals surface area contributed by atoms with E-state index in [1.54, 1.807) is 6.07 Å². The fourth-order valence-corrected chi connectivity index (χ4v) is 8.84. The molecule has 0 spiro atoms. The van der Waals surface area contributed by atoms with Crippen molar-refractivity contribution < 1.29 is 12.0 Å². The number of aromatic nitrogens is 3. The van der Waals surface area contributed by atoms with Crippen molar-refractivity contribution in [2.75, 3.05) is 0 Å². The van der Waals surface area contributed by atoms with Crippen molar-refractivity contribution in [2.45, 2.75) is 119 Å². The minimum Gasteiger partial charge on any atom is -0.507 e.